The highest BCUT2D eigenvalue weighted by atomic mass is 16.3. The van der Waals surface area contributed by atoms with Gasteiger partial charge in [-0.25, -0.2) is 9.67 Å². The van der Waals surface area contributed by atoms with Crippen molar-refractivity contribution in [3.8, 4) is 0 Å². The van der Waals surface area contributed by atoms with Crippen LogP contribution in [-0.4, -0.2) is 24.9 Å². The second-order valence-corrected chi connectivity index (χ2v) is 7.45. The number of H-pyrrole nitrogens is 1. The van der Waals surface area contributed by atoms with Gasteiger partial charge in [-0.1, -0.05) is 45.0 Å². The Morgan fingerprint density at radius 3 is 2.44 bits per heavy atom. The molecule has 0 spiro atoms. The molecule has 2 heterocycles. The third-order valence-electron chi connectivity index (χ3n) is 4.53. The fourth-order valence-electron chi connectivity index (χ4n) is 3.01. The average Bonchev–Trinajstić information content (AvgIpc) is 2.92. The maximum atomic E-state index is 12.2. The van der Waals surface area contributed by atoms with Crippen molar-refractivity contribution in [1.82, 2.24) is 19.7 Å². The summed E-state index contributed by atoms with van der Waals surface area (Å²) in [6.45, 7) is 9.99. The van der Waals surface area contributed by atoms with E-state index in [1.165, 1.54) is 5.56 Å². The molecule has 0 bridgehead atoms. The summed E-state index contributed by atoms with van der Waals surface area (Å²) in [6, 6.07) is 8.30. The van der Waals surface area contributed by atoms with E-state index in [1.807, 2.05) is 6.92 Å². The topological polar surface area (TPSA) is 83.8 Å². The maximum Gasteiger partial charge on any atom is 0.262 e. The van der Waals surface area contributed by atoms with Gasteiger partial charge in [-0.05, 0) is 30.4 Å². The van der Waals surface area contributed by atoms with Gasteiger partial charge in [0.1, 0.15) is 16.9 Å². The zero-order valence-electron chi connectivity index (χ0n) is 15.3. The summed E-state index contributed by atoms with van der Waals surface area (Å²) in [5.41, 5.74) is 3.00. The van der Waals surface area contributed by atoms with Crippen molar-refractivity contribution >= 4 is 11.0 Å². The van der Waals surface area contributed by atoms with E-state index >= 15 is 0 Å². The molecular weight excluding hydrogens is 316 g/mol. The van der Waals surface area contributed by atoms with Crippen molar-refractivity contribution in [3.63, 3.8) is 0 Å². The number of aliphatic hydroxyl groups is 1. The summed E-state index contributed by atoms with van der Waals surface area (Å²) in [4.78, 5) is 19.4. The van der Waals surface area contributed by atoms with Crippen molar-refractivity contribution in [2.75, 3.05) is 0 Å². The molecule has 0 saturated carbocycles. The summed E-state index contributed by atoms with van der Waals surface area (Å²) in [5, 5.41) is 14.4. The Morgan fingerprint density at radius 2 is 1.88 bits per heavy atom. The number of aromatic nitrogens is 4. The lowest BCUT2D eigenvalue weighted by molar-refractivity contribution is 0.276. The van der Waals surface area contributed by atoms with Gasteiger partial charge in [-0.3, -0.25) is 4.79 Å². The van der Waals surface area contributed by atoms with Crippen LogP contribution in [-0.2, 0) is 12.0 Å². The number of rotatable bonds is 3. The van der Waals surface area contributed by atoms with Crippen LogP contribution in [0.5, 0.6) is 0 Å². The molecule has 3 rings (SSSR count). The first kappa shape index (κ1) is 17.4. The van der Waals surface area contributed by atoms with E-state index in [4.69, 9.17) is 0 Å². The molecule has 1 aromatic carbocycles. The molecule has 0 aliphatic heterocycles. The average molecular weight is 340 g/mol. The van der Waals surface area contributed by atoms with Crippen LogP contribution in [0.4, 0.5) is 0 Å². The molecule has 6 nitrogen and oxygen atoms in total. The molecule has 2 aromatic heterocycles. The van der Waals surface area contributed by atoms with E-state index < -0.39 is 0 Å². The second-order valence-electron chi connectivity index (χ2n) is 7.45. The normalized spacial score (nSPS) is 13.4. The van der Waals surface area contributed by atoms with Crippen LogP contribution in [0, 0.1) is 6.92 Å². The molecule has 0 aliphatic rings. The van der Waals surface area contributed by atoms with E-state index in [0.29, 0.717) is 22.6 Å². The van der Waals surface area contributed by atoms with Gasteiger partial charge in [0, 0.05) is 0 Å². The molecule has 0 fully saturated rings. The number of nitrogens with one attached hydrogen (secondary N) is 1. The van der Waals surface area contributed by atoms with Gasteiger partial charge in [0.2, 0.25) is 0 Å². The molecular formula is C19H24N4O2. The summed E-state index contributed by atoms with van der Waals surface area (Å²) >= 11 is 0. The van der Waals surface area contributed by atoms with Gasteiger partial charge in [0.05, 0.1) is 12.6 Å². The van der Waals surface area contributed by atoms with Crippen molar-refractivity contribution in [3.05, 3.63) is 57.3 Å². The first-order valence-electron chi connectivity index (χ1n) is 8.41. The molecule has 0 unspecified atom stereocenters. The molecule has 0 amide bonds. The van der Waals surface area contributed by atoms with Crippen molar-refractivity contribution in [2.45, 2.75) is 52.7 Å². The highest BCUT2D eigenvalue weighted by Crippen LogP contribution is 2.27. The molecule has 0 aliphatic carbocycles. The van der Waals surface area contributed by atoms with Gasteiger partial charge < -0.3 is 10.1 Å². The largest absolute Gasteiger partial charge is 0.390 e. The SMILES string of the molecule is Cc1nc2c(c(CO)nn2[C@@H](C)c2ccc(C(C)(C)C)cc2)c(=O)[nH]1. The number of hydrogen-bond donors (Lipinski definition) is 2. The smallest absolute Gasteiger partial charge is 0.262 e. The van der Waals surface area contributed by atoms with Crippen molar-refractivity contribution < 1.29 is 5.11 Å². The van der Waals surface area contributed by atoms with E-state index in [1.54, 1.807) is 11.6 Å². The highest BCUT2D eigenvalue weighted by molar-refractivity contribution is 5.77. The number of nitrogens with zero attached hydrogens (tertiary/aromatic N) is 3. The summed E-state index contributed by atoms with van der Waals surface area (Å²) in [7, 11) is 0. The Balaban J connectivity index is 2.11. The molecule has 2 N–H and O–H groups in total. The molecule has 3 aromatic rings. The van der Waals surface area contributed by atoms with Crippen LogP contribution in [0.3, 0.4) is 0 Å². The van der Waals surface area contributed by atoms with Gasteiger partial charge in [-0.2, -0.15) is 5.10 Å². The standard InChI is InChI=1S/C19H24N4O2/c1-11(13-6-8-14(9-7-13)19(3,4)5)23-17-16(15(10-24)22-23)18(25)21-12(2)20-17/h6-9,11,24H,10H2,1-5H3,(H,20,21,25)/t11-/m0/s1. The van der Waals surface area contributed by atoms with Gasteiger partial charge in [0.25, 0.3) is 5.56 Å². The fraction of sp³-hybridized carbons (Fsp3) is 0.421. The van der Waals surface area contributed by atoms with Crippen LogP contribution >= 0.6 is 0 Å². The molecule has 25 heavy (non-hydrogen) atoms. The number of hydrogen-bond acceptors (Lipinski definition) is 4. The third kappa shape index (κ3) is 3.09. The van der Waals surface area contributed by atoms with Crippen LogP contribution in [0.25, 0.3) is 11.0 Å². The Labute approximate surface area is 146 Å². The summed E-state index contributed by atoms with van der Waals surface area (Å²) < 4.78 is 1.72. The molecule has 132 valence electrons. The molecule has 6 heteroatoms. The van der Waals surface area contributed by atoms with Crippen LogP contribution in [0.1, 0.15) is 56.4 Å². The Hall–Kier alpha value is -2.47. The minimum absolute atomic E-state index is 0.0934. The number of fused-ring (bicyclic) bond motifs is 1. The highest BCUT2D eigenvalue weighted by Gasteiger charge is 2.20. The van der Waals surface area contributed by atoms with E-state index in [2.05, 4.69) is 60.1 Å². The molecule has 1 atom stereocenters. The van der Waals surface area contributed by atoms with Crippen molar-refractivity contribution in [2.24, 2.45) is 0 Å². The van der Waals surface area contributed by atoms with Crippen LogP contribution in [0.15, 0.2) is 29.1 Å². The minimum Gasteiger partial charge on any atom is -0.390 e. The number of benzene rings is 1. The molecule has 0 saturated heterocycles. The predicted molar refractivity (Wildman–Crippen MR) is 97.8 cm³/mol. The maximum absolute atomic E-state index is 12.2. The summed E-state index contributed by atoms with van der Waals surface area (Å²) in [5.74, 6) is 0.526. The van der Waals surface area contributed by atoms with Gasteiger partial charge >= 0.3 is 0 Å². The summed E-state index contributed by atoms with van der Waals surface area (Å²) in [6.07, 6.45) is 0. The van der Waals surface area contributed by atoms with Crippen molar-refractivity contribution in [1.29, 1.82) is 0 Å². The zero-order chi connectivity index (χ0) is 18.4. The lowest BCUT2D eigenvalue weighted by Crippen LogP contribution is -2.14. The lowest BCUT2D eigenvalue weighted by Gasteiger charge is -2.20. The number of aromatic amines is 1. The second kappa shape index (κ2) is 6.11. The minimum atomic E-state index is -0.299. The first-order valence-corrected chi connectivity index (χ1v) is 8.41. The predicted octanol–water partition coefficient (Wildman–Crippen LogP) is 2.83. The Morgan fingerprint density at radius 1 is 1.24 bits per heavy atom. The first-order chi connectivity index (χ1) is 11.7. The zero-order valence-corrected chi connectivity index (χ0v) is 15.3. The fourth-order valence-corrected chi connectivity index (χ4v) is 3.01. The quantitative estimate of drug-likeness (QED) is 0.768. The Kier molecular flexibility index (Phi) is 4.24. The number of aliphatic hydroxyl groups excluding tert-OH is 1. The monoisotopic (exact) mass is 340 g/mol. The van der Waals surface area contributed by atoms with Crippen LogP contribution in [0.2, 0.25) is 0 Å². The van der Waals surface area contributed by atoms with E-state index in [-0.39, 0.29) is 23.6 Å². The van der Waals surface area contributed by atoms with Gasteiger partial charge in [-0.15, -0.1) is 0 Å². The van der Waals surface area contributed by atoms with Gasteiger partial charge in [0.15, 0.2) is 5.65 Å². The third-order valence-corrected chi connectivity index (χ3v) is 4.53. The molecule has 0 radical (unpaired) electrons. The van der Waals surface area contributed by atoms with E-state index in [9.17, 15) is 9.90 Å². The van der Waals surface area contributed by atoms with E-state index in [0.717, 1.165) is 5.56 Å². The Bertz CT molecular complexity index is 962. The number of aryl methyl sites for hydroxylation is 1. The lowest BCUT2D eigenvalue weighted by atomic mass is 9.86. The van der Waals surface area contributed by atoms with Crippen LogP contribution < -0.4 is 5.56 Å².